The summed E-state index contributed by atoms with van der Waals surface area (Å²) in [5, 5.41) is 9.05. The predicted octanol–water partition coefficient (Wildman–Crippen LogP) is 4.44. The Kier molecular flexibility index (Phi) is 4.22. The summed E-state index contributed by atoms with van der Waals surface area (Å²) in [4.78, 5) is 3.57. The maximum atomic E-state index is 13.1. The second-order valence-electron chi connectivity index (χ2n) is 4.27. The van der Waals surface area contributed by atoms with Crippen LogP contribution in [0.2, 0.25) is 0 Å². The number of nitriles is 1. The second-order valence-corrected chi connectivity index (χ2v) is 4.27. The van der Waals surface area contributed by atoms with Crippen LogP contribution in [0.25, 0.3) is 11.6 Å². The molecular formula is C15H7F5N2. The zero-order chi connectivity index (χ0) is 16.3. The van der Waals surface area contributed by atoms with Gasteiger partial charge in [-0.3, -0.25) is 4.98 Å². The summed E-state index contributed by atoms with van der Waals surface area (Å²) in [6, 6.07) is 6.58. The van der Waals surface area contributed by atoms with Gasteiger partial charge in [0.05, 0.1) is 16.8 Å². The number of nitrogens with zero attached hydrogens (tertiary/aromatic N) is 2. The molecule has 2 rings (SSSR count). The Morgan fingerprint density at radius 1 is 1.09 bits per heavy atom. The fourth-order valence-electron chi connectivity index (χ4n) is 1.65. The first-order chi connectivity index (χ1) is 10.3. The first-order valence-corrected chi connectivity index (χ1v) is 5.92. The van der Waals surface area contributed by atoms with E-state index in [0.717, 1.165) is 24.3 Å². The maximum absolute atomic E-state index is 13.1. The van der Waals surface area contributed by atoms with Gasteiger partial charge in [-0.05, 0) is 35.9 Å². The van der Waals surface area contributed by atoms with Gasteiger partial charge >= 0.3 is 6.18 Å². The molecule has 0 N–H and O–H groups in total. The molecule has 1 aromatic carbocycles. The highest BCUT2D eigenvalue weighted by atomic mass is 19.4. The van der Waals surface area contributed by atoms with Gasteiger partial charge < -0.3 is 0 Å². The highest BCUT2D eigenvalue weighted by Gasteiger charge is 2.30. The zero-order valence-electron chi connectivity index (χ0n) is 10.8. The lowest BCUT2D eigenvalue weighted by molar-refractivity contribution is -0.137. The van der Waals surface area contributed by atoms with E-state index in [1.54, 1.807) is 6.07 Å². The van der Waals surface area contributed by atoms with E-state index in [4.69, 9.17) is 5.26 Å². The molecule has 112 valence electrons. The third-order valence-corrected chi connectivity index (χ3v) is 2.74. The van der Waals surface area contributed by atoms with E-state index in [1.807, 2.05) is 0 Å². The molecule has 0 aliphatic rings. The maximum Gasteiger partial charge on any atom is 0.417 e. The van der Waals surface area contributed by atoms with Crippen LogP contribution >= 0.6 is 0 Å². The molecule has 0 amide bonds. The number of benzene rings is 1. The van der Waals surface area contributed by atoms with E-state index in [1.165, 1.54) is 12.1 Å². The molecule has 0 spiro atoms. The Morgan fingerprint density at radius 3 is 2.32 bits per heavy atom. The van der Waals surface area contributed by atoms with Gasteiger partial charge in [-0.1, -0.05) is 6.07 Å². The van der Waals surface area contributed by atoms with Gasteiger partial charge in [0.25, 0.3) is 0 Å². The standard InChI is InChI=1S/C15H7F5N2/c16-12-3-1-9(6-13(12)17)5-10(7-21)14-4-2-11(8-22-14)15(18,19)20/h1-6,8H/b10-5+. The molecular weight excluding hydrogens is 303 g/mol. The number of hydrogen-bond donors (Lipinski definition) is 0. The van der Waals surface area contributed by atoms with Crippen molar-refractivity contribution in [2.45, 2.75) is 6.18 Å². The molecule has 7 heteroatoms. The van der Waals surface area contributed by atoms with E-state index < -0.39 is 23.4 Å². The number of rotatable bonds is 2. The number of aromatic nitrogens is 1. The number of pyridine rings is 1. The van der Waals surface area contributed by atoms with Gasteiger partial charge in [0, 0.05) is 6.20 Å². The number of alkyl halides is 3. The van der Waals surface area contributed by atoms with Crippen molar-refractivity contribution in [1.29, 1.82) is 5.26 Å². The highest BCUT2D eigenvalue weighted by Crippen LogP contribution is 2.29. The van der Waals surface area contributed by atoms with Gasteiger partial charge in [0.15, 0.2) is 11.6 Å². The molecule has 1 heterocycles. The summed E-state index contributed by atoms with van der Waals surface area (Å²) in [6.07, 6.45) is -2.72. The lowest BCUT2D eigenvalue weighted by atomic mass is 10.1. The molecule has 0 aliphatic heterocycles. The molecule has 0 unspecified atom stereocenters. The molecule has 1 aromatic heterocycles. The van der Waals surface area contributed by atoms with Crippen LogP contribution in [0.15, 0.2) is 36.5 Å². The Hall–Kier alpha value is -2.75. The summed E-state index contributed by atoms with van der Waals surface area (Å²) in [5.74, 6) is -2.13. The number of halogens is 5. The minimum Gasteiger partial charge on any atom is -0.255 e. The average molecular weight is 310 g/mol. The molecule has 0 bridgehead atoms. The van der Waals surface area contributed by atoms with Crippen molar-refractivity contribution in [3.05, 3.63) is 65.0 Å². The molecule has 0 atom stereocenters. The summed E-state index contributed by atoms with van der Waals surface area (Å²) in [6.45, 7) is 0. The van der Waals surface area contributed by atoms with Gasteiger partial charge in [-0.15, -0.1) is 0 Å². The molecule has 0 aliphatic carbocycles. The van der Waals surface area contributed by atoms with Crippen LogP contribution in [0.3, 0.4) is 0 Å². The number of allylic oxidation sites excluding steroid dienone is 1. The third-order valence-electron chi connectivity index (χ3n) is 2.74. The first-order valence-electron chi connectivity index (χ1n) is 5.92. The van der Waals surface area contributed by atoms with Crippen LogP contribution in [0, 0.1) is 23.0 Å². The quantitative estimate of drug-likeness (QED) is 0.607. The summed E-state index contributed by atoms with van der Waals surface area (Å²) in [7, 11) is 0. The lowest BCUT2D eigenvalue weighted by Crippen LogP contribution is -2.05. The molecule has 0 saturated carbocycles. The van der Waals surface area contributed by atoms with Crippen molar-refractivity contribution in [3.8, 4) is 6.07 Å². The molecule has 0 radical (unpaired) electrons. The summed E-state index contributed by atoms with van der Waals surface area (Å²) >= 11 is 0. The van der Waals surface area contributed by atoms with E-state index >= 15 is 0 Å². The largest absolute Gasteiger partial charge is 0.417 e. The Labute approximate surface area is 122 Å². The van der Waals surface area contributed by atoms with Crippen molar-refractivity contribution < 1.29 is 22.0 Å². The second kappa shape index (κ2) is 5.93. The van der Waals surface area contributed by atoms with Gasteiger partial charge in [0.2, 0.25) is 0 Å². The van der Waals surface area contributed by atoms with E-state index in [-0.39, 0.29) is 16.8 Å². The van der Waals surface area contributed by atoms with E-state index in [0.29, 0.717) is 6.20 Å². The van der Waals surface area contributed by atoms with Crippen molar-refractivity contribution in [2.75, 3.05) is 0 Å². The summed E-state index contributed by atoms with van der Waals surface area (Å²) in [5.41, 5.74) is -0.821. The Bertz CT molecular complexity index is 755. The topological polar surface area (TPSA) is 36.7 Å². The highest BCUT2D eigenvalue weighted by molar-refractivity contribution is 5.88. The fourth-order valence-corrected chi connectivity index (χ4v) is 1.65. The SMILES string of the molecule is N#C/C(=C\c1ccc(F)c(F)c1)c1ccc(C(F)(F)F)cn1. The number of hydrogen-bond acceptors (Lipinski definition) is 2. The molecule has 22 heavy (non-hydrogen) atoms. The summed E-state index contributed by atoms with van der Waals surface area (Å²) < 4.78 is 63.2. The fraction of sp³-hybridized carbons (Fsp3) is 0.0667. The van der Waals surface area contributed by atoms with Crippen molar-refractivity contribution >= 4 is 11.6 Å². The third kappa shape index (κ3) is 3.47. The average Bonchev–Trinajstić information content (AvgIpc) is 2.47. The zero-order valence-corrected chi connectivity index (χ0v) is 10.8. The smallest absolute Gasteiger partial charge is 0.255 e. The van der Waals surface area contributed by atoms with Crippen LogP contribution in [0.4, 0.5) is 22.0 Å². The minimum absolute atomic E-state index is 0.000216. The van der Waals surface area contributed by atoms with Crippen LogP contribution in [0.5, 0.6) is 0 Å². The van der Waals surface area contributed by atoms with Crippen LogP contribution in [0.1, 0.15) is 16.8 Å². The van der Waals surface area contributed by atoms with Crippen LogP contribution < -0.4 is 0 Å². The molecule has 2 nitrogen and oxygen atoms in total. The van der Waals surface area contributed by atoms with Crippen LogP contribution in [-0.2, 0) is 6.18 Å². The Balaban J connectivity index is 2.37. The van der Waals surface area contributed by atoms with Gasteiger partial charge in [0.1, 0.15) is 6.07 Å². The molecule has 0 saturated heterocycles. The molecule has 2 aromatic rings. The van der Waals surface area contributed by atoms with E-state index in [2.05, 4.69) is 4.98 Å². The van der Waals surface area contributed by atoms with Gasteiger partial charge in [-0.2, -0.15) is 18.4 Å². The van der Waals surface area contributed by atoms with E-state index in [9.17, 15) is 22.0 Å². The first kappa shape index (κ1) is 15.6. The van der Waals surface area contributed by atoms with Crippen molar-refractivity contribution in [3.63, 3.8) is 0 Å². The lowest BCUT2D eigenvalue weighted by Gasteiger charge is -2.06. The van der Waals surface area contributed by atoms with Crippen molar-refractivity contribution in [1.82, 2.24) is 4.98 Å². The van der Waals surface area contributed by atoms with Gasteiger partial charge in [-0.25, -0.2) is 8.78 Å². The Morgan fingerprint density at radius 2 is 1.82 bits per heavy atom. The van der Waals surface area contributed by atoms with Crippen molar-refractivity contribution in [2.24, 2.45) is 0 Å². The monoisotopic (exact) mass is 310 g/mol. The van der Waals surface area contributed by atoms with Crippen LogP contribution in [-0.4, -0.2) is 4.98 Å². The molecule has 0 fully saturated rings. The normalized spacial score (nSPS) is 12.1. The minimum atomic E-state index is -4.53. The predicted molar refractivity (Wildman–Crippen MR) is 69.1 cm³/mol.